The van der Waals surface area contributed by atoms with Gasteiger partial charge in [-0.1, -0.05) is 63.9 Å². The zero-order chi connectivity index (χ0) is 31.6. The van der Waals surface area contributed by atoms with Crippen molar-refractivity contribution < 1.29 is 19.3 Å². The summed E-state index contributed by atoms with van der Waals surface area (Å²) in [7, 11) is 0. The van der Waals surface area contributed by atoms with Crippen LogP contribution in [0.4, 0.5) is 0 Å². The second kappa shape index (κ2) is 13.3. The van der Waals surface area contributed by atoms with Crippen molar-refractivity contribution in [1.29, 1.82) is 0 Å². The maximum absolute atomic E-state index is 11.5. The summed E-state index contributed by atoms with van der Waals surface area (Å²) < 4.78 is 20.9. The number of hydrogen-bond donors (Lipinski definition) is 1. The molecule has 0 unspecified atom stereocenters. The van der Waals surface area contributed by atoms with E-state index in [9.17, 15) is 5.11 Å². The Morgan fingerprint density at radius 2 is 0.837 bits per heavy atom. The summed E-state index contributed by atoms with van der Waals surface area (Å²) in [5.74, 6) is 0.377. The van der Waals surface area contributed by atoms with Crippen molar-refractivity contribution >= 4 is 0 Å². The van der Waals surface area contributed by atoms with Gasteiger partial charge >= 0.3 is 0 Å². The fourth-order valence-corrected chi connectivity index (χ4v) is 8.94. The van der Waals surface area contributed by atoms with E-state index in [4.69, 9.17) is 14.2 Å². The average Bonchev–Trinajstić information content (AvgIpc) is 2.87. The fourth-order valence-electron chi connectivity index (χ4n) is 8.94. The highest BCUT2D eigenvalue weighted by atomic mass is 16.5. The lowest BCUT2D eigenvalue weighted by molar-refractivity contribution is -0.149. The Bertz CT molecular complexity index is 1050. The summed E-state index contributed by atoms with van der Waals surface area (Å²) in [6.07, 6.45) is 20.3. The largest absolute Gasteiger partial charge is 0.508 e. The molecule has 3 aliphatic rings. The van der Waals surface area contributed by atoms with Gasteiger partial charge in [0.05, 0.1) is 33.6 Å². The van der Waals surface area contributed by atoms with Gasteiger partial charge in [-0.2, -0.15) is 0 Å². The molecule has 3 fully saturated rings. The van der Waals surface area contributed by atoms with Crippen LogP contribution in [0.1, 0.15) is 175 Å². The van der Waals surface area contributed by atoms with Gasteiger partial charge in [0, 0.05) is 24.8 Å². The summed E-state index contributed by atoms with van der Waals surface area (Å²) in [5.41, 5.74) is 2.16. The van der Waals surface area contributed by atoms with Crippen LogP contribution in [0.5, 0.6) is 5.75 Å². The Morgan fingerprint density at radius 1 is 0.512 bits per heavy atom. The van der Waals surface area contributed by atoms with E-state index in [0.29, 0.717) is 12.2 Å². The lowest BCUT2D eigenvalue weighted by Gasteiger charge is -2.43. The molecule has 0 atom stereocenters. The summed E-state index contributed by atoms with van der Waals surface area (Å²) in [5, 5.41) is 11.5. The SMILES string of the molecule is CC(C)(Cc1ccc(O)c(CC(C)(C)OC2(C)CCCCC2)c1CC(C)(C)OC1(C)CCCCC1)OC1(C)CCCCC1. The summed E-state index contributed by atoms with van der Waals surface area (Å²) in [6, 6.07) is 4.07. The molecule has 0 amide bonds. The van der Waals surface area contributed by atoms with E-state index in [1.807, 2.05) is 6.07 Å². The van der Waals surface area contributed by atoms with Gasteiger partial charge < -0.3 is 19.3 Å². The Kier molecular flexibility index (Phi) is 10.8. The van der Waals surface area contributed by atoms with Gasteiger partial charge in [-0.3, -0.25) is 0 Å². The van der Waals surface area contributed by atoms with Crippen molar-refractivity contribution in [3.05, 3.63) is 28.8 Å². The van der Waals surface area contributed by atoms with Gasteiger partial charge in [-0.05, 0) is 118 Å². The second-order valence-electron chi connectivity index (χ2n) is 17.3. The fraction of sp³-hybridized carbons (Fsp3) is 0.846. The van der Waals surface area contributed by atoms with E-state index in [2.05, 4.69) is 68.4 Å². The van der Waals surface area contributed by atoms with Gasteiger partial charge in [0.15, 0.2) is 0 Å². The quantitative estimate of drug-likeness (QED) is 0.260. The maximum atomic E-state index is 11.5. The Hall–Kier alpha value is -1.10. The topological polar surface area (TPSA) is 47.9 Å². The Morgan fingerprint density at radius 3 is 1.21 bits per heavy atom. The second-order valence-corrected chi connectivity index (χ2v) is 17.3. The molecule has 0 bridgehead atoms. The Balaban J connectivity index is 1.66. The molecule has 0 spiro atoms. The molecule has 1 aromatic rings. The number of ether oxygens (including phenoxy) is 3. The first kappa shape index (κ1) is 34.8. The number of phenolic OH excluding ortho intramolecular Hbond substituents is 1. The van der Waals surface area contributed by atoms with Gasteiger partial charge in [0.1, 0.15) is 5.75 Å². The summed E-state index contributed by atoms with van der Waals surface area (Å²) >= 11 is 0. The zero-order valence-corrected chi connectivity index (χ0v) is 29.6. The maximum Gasteiger partial charge on any atom is 0.119 e. The third-order valence-electron chi connectivity index (χ3n) is 10.6. The molecule has 0 saturated heterocycles. The number of aromatic hydroxyl groups is 1. The van der Waals surface area contributed by atoms with Crippen molar-refractivity contribution in [3.63, 3.8) is 0 Å². The van der Waals surface area contributed by atoms with Crippen LogP contribution in [0.3, 0.4) is 0 Å². The molecule has 4 nitrogen and oxygen atoms in total. The van der Waals surface area contributed by atoms with Crippen molar-refractivity contribution in [1.82, 2.24) is 0 Å². The van der Waals surface area contributed by atoms with E-state index >= 15 is 0 Å². The third kappa shape index (κ3) is 9.94. The molecule has 43 heavy (non-hydrogen) atoms. The highest BCUT2D eigenvalue weighted by Crippen LogP contribution is 2.42. The minimum Gasteiger partial charge on any atom is -0.508 e. The molecular formula is C39H66O4. The van der Waals surface area contributed by atoms with Crippen LogP contribution in [-0.4, -0.2) is 38.7 Å². The molecule has 246 valence electrons. The molecule has 1 N–H and O–H groups in total. The lowest BCUT2D eigenvalue weighted by Crippen LogP contribution is -2.44. The smallest absolute Gasteiger partial charge is 0.119 e. The molecular weight excluding hydrogens is 532 g/mol. The number of phenols is 1. The van der Waals surface area contributed by atoms with Crippen molar-refractivity contribution in [2.45, 2.75) is 211 Å². The predicted molar refractivity (Wildman–Crippen MR) is 179 cm³/mol. The number of rotatable bonds is 12. The van der Waals surface area contributed by atoms with Gasteiger partial charge in [-0.15, -0.1) is 0 Å². The standard InChI is InChI=1S/C39H66O4/c1-34(2,41-37(7)21-13-10-14-22-37)27-30-19-20-33(40)32(29-36(5,6)43-39(9)25-17-12-18-26-39)31(30)28-35(3,4)42-38(8)23-15-11-16-24-38/h19-20,40H,10-18,21-29H2,1-9H3. The van der Waals surface area contributed by atoms with E-state index in [-0.39, 0.29) is 28.0 Å². The van der Waals surface area contributed by atoms with Crippen LogP contribution in [-0.2, 0) is 33.5 Å². The predicted octanol–water partition coefficient (Wildman–Crippen LogP) is 10.6. The lowest BCUT2D eigenvalue weighted by atomic mass is 9.80. The minimum absolute atomic E-state index is 0.0646. The molecule has 3 saturated carbocycles. The highest BCUT2D eigenvalue weighted by molar-refractivity contribution is 5.46. The van der Waals surface area contributed by atoms with E-state index < -0.39 is 5.60 Å². The molecule has 1 aromatic carbocycles. The van der Waals surface area contributed by atoms with Gasteiger partial charge in [0.25, 0.3) is 0 Å². The van der Waals surface area contributed by atoms with Gasteiger partial charge in [-0.25, -0.2) is 0 Å². The summed E-state index contributed by atoms with van der Waals surface area (Å²) in [6.45, 7) is 20.3. The van der Waals surface area contributed by atoms with Crippen molar-refractivity contribution in [2.75, 3.05) is 0 Å². The van der Waals surface area contributed by atoms with Crippen LogP contribution in [0.2, 0.25) is 0 Å². The normalized spacial score (nSPS) is 22.8. The monoisotopic (exact) mass is 598 g/mol. The molecule has 3 aliphatic carbocycles. The molecule has 0 aromatic heterocycles. The average molecular weight is 599 g/mol. The Labute approximate surface area is 265 Å². The van der Waals surface area contributed by atoms with E-state index in [1.165, 1.54) is 68.9 Å². The first-order chi connectivity index (χ1) is 19.9. The first-order valence-electron chi connectivity index (χ1n) is 17.9. The highest BCUT2D eigenvalue weighted by Gasteiger charge is 2.40. The molecule has 4 heteroatoms. The molecule has 0 aliphatic heterocycles. The van der Waals surface area contributed by atoms with Crippen LogP contribution in [0.25, 0.3) is 0 Å². The summed E-state index contributed by atoms with van der Waals surface area (Å²) in [4.78, 5) is 0. The third-order valence-corrected chi connectivity index (χ3v) is 10.6. The minimum atomic E-state index is -0.404. The first-order valence-corrected chi connectivity index (χ1v) is 17.9. The van der Waals surface area contributed by atoms with E-state index in [0.717, 1.165) is 56.9 Å². The van der Waals surface area contributed by atoms with Crippen LogP contribution in [0, 0.1) is 0 Å². The van der Waals surface area contributed by atoms with Crippen molar-refractivity contribution in [2.24, 2.45) is 0 Å². The molecule has 0 radical (unpaired) electrons. The van der Waals surface area contributed by atoms with Crippen LogP contribution in [0.15, 0.2) is 12.1 Å². The number of hydrogen-bond acceptors (Lipinski definition) is 4. The molecule has 0 heterocycles. The van der Waals surface area contributed by atoms with Gasteiger partial charge in [0.2, 0.25) is 0 Å². The van der Waals surface area contributed by atoms with E-state index in [1.54, 1.807) is 0 Å². The van der Waals surface area contributed by atoms with Crippen LogP contribution >= 0.6 is 0 Å². The zero-order valence-electron chi connectivity index (χ0n) is 29.6. The number of benzene rings is 1. The van der Waals surface area contributed by atoms with Crippen LogP contribution < -0.4 is 0 Å². The van der Waals surface area contributed by atoms with Crippen molar-refractivity contribution in [3.8, 4) is 5.75 Å². The molecule has 4 rings (SSSR count).